The summed E-state index contributed by atoms with van der Waals surface area (Å²) in [5.41, 5.74) is 3.76. The van der Waals surface area contributed by atoms with Crippen LogP contribution in [0.1, 0.15) is 5.56 Å². The Kier molecular flexibility index (Phi) is 3.84. The molecule has 0 N–H and O–H groups in total. The molecule has 2 nitrogen and oxygen atoms in total. The zero-order chi connectivity index (χ0) is 14.4. The van der Waals surface area contributed by atoms with E-state index < -0.39 is 0 Å². The van der Waals surface area contributed by atoms with Gasteiger partial charge >= 0.3 is 0 Å². The van der Waals surface area contributed by atoms with Crippen molar-refractivity contribution in [2.24, 2.45) is 0 Å². The summed E-state index contributed by atoms with van der Waals surface area (Å²) in [6, 6.07) is 5.51. The number of aromatic nitrogens is 2. The molecule has 0 atom stereocenters. The highest BCUT2D eigenvalue weighted by molar-refractivity contribution is 9.11. The molecule has 0 unspecified atom stereocenters. The lowest BCUT2D eigenvalue weighted by Gasteiger charge is -2.03. The van der Waals surface area contributed by atoms with Gasteiger partial charge in [0.15, 0.2) is 5.65 Å². The van der Waals surface area contributed by atoms with E-state index in [0.29, 0.717) is 10.0 Å². The maximum Gasteiger partial charge on any atom is 0.152 e. The van der Waals surface area contributed by atoms with E-state index in [9.17, 15) is 0 Å². The monoisotopic (exact) mass is 432 g/mol. The minimum atomic E-state index is 0.526. The lowest BCUT2D eigenvalue weighted by molar-refractivity contribution is 1.14. The Hall–Kier alpha value is -0.550. The molecule has 2 heterocycles. The maximum absolute atomic E-state index is 6.06. The average molecular weight is 435 g/mol. The van der Waals surface area contributed by atoms with Crippen LogP contribution in [0.5, 0.6) is 0 Å². The van der Waals surface area contributed by atoms with E-state index in [4.69, 9.17) is 23.2 Å². The van der Waals surface area contributed by atoms with Crippen molar-refractivity contribution in [3.8, 4) is 11.3 Å². The first-order valence-electron chi connectivity index (χ1n) is 5.76. The number of halogens is 4. The molecule has 3 aromatic rings. The molecule has 0 spiro atoms. The number of hydrogen-bond acceptors (Lipinski definition) is 1. The summed E-state index contributed by atoms with van der Waals surface area (Å²) in [6.45, 7) is 2.03. The minimum Gasteiger partial charge on any atom is -0.304 e. The van der Waals surface area contributed by atoms with Gasteiger partial charge in [-0.15, -0.1) is 0 Å². The van der Waals surface area contributed by atoms with E-state index >= 15 is 0 Å². The number of hydrogen-bond donors (Lipinski definition) is 0. The van der Waals surface area contributed by atoms with Crippen LogP contribution in [0.3, 0.4) is 0 Å². The molecule has 0 aliphatic heterocycles. The number of nitrogens with zero attached hydrogens (tertiary/aromatic N) is 2. The van der Waals surface area contributed by atoms with Crippen LogP contribution in [0.15, 0.2) is 39.5 Å². The number of fused-ring (bicyclic) bond motifs is 1. The number of imidazole rings is 1. The smallest absolute Gasteiger partial charge is 0.152 e. The van der Waals surface area contributed by atoms with Crippen molar-refractivity contribution in [3.05, 3.63) is 55.1 Å². The second-order valence-corrected chi connectivity index (χ2v) is 6.86. The Labute approximate surface area is 143 Å². The highest BCUT2D eigenvalue weighted by atomic mass is 79.9. The van der Waals surface area contributed by atoms with Crippen LogP contribution in [0.4, 0.5) is 0 Å². The van der Waals surface area contributed by atoms with Gasteiger partial charge in [0.2, 0.25) is 0 Å². The first-order chi connectivity index (χ1) is 9.47. The standard InChI is InChI=1S/C14H8Br2Cl2N2/c1-7-9(15)5-20-6-12(19-14(20)13(7)16)8-2-3-10(17)11(18)4-8/h2-6H,1H3. The predicted molar refractivity (Wildman–Crippen MR) is 90.8 cm³/mol. The Bertz CT molecular complexity index is 828. The molecule has 0 radical (unpaired) electrons. The summed E-state index contributed by atoms with van der Waals surface area (Å²) >= 11 is 19.1. The van der Waals surface area contributed by atoms with E-state index in [1.54, 1.807) is 6.07 Å². The molecular formula is C14H8Br2Cl2N2. The summed E-state index contributed by atoms with van der Waals surface area (Å²) in [7, 11) is 0. The molecule has 20 heavy (non-hydrogen) atoms. The summed E-state index contributed by atoms with van der Waals surface area (Å²) in [5.74, 6) is 0. The van der Waals surface area contributed by atoms with E-state index in [1.165, 1.54) is 0 Å². The van der Waals surface area contributed by atoms with Gasteiger partial charge in [-0.1, -0.05) is 29.3 Å². The first kappa shape index (κ1) is 14.4. The fourth-order valence-electron chi connectivity index (χ4n) is 1.94. The predicted octanol–water partition coefficient (Wildman–Crippen LogP) is 6.14. The molecule has 0 fully saturated rings. The third-order valence-corrected chi connectivity index (χ3v) is 5.57. The molecule has 102 valence electrons. The van der Waals surface area contributed by atoms with Crippen molar-refractivity contribution >= 4 is 60.7 Å². The molecule has 1 aromatic carbocycles. The molecule has 0 saturated heterocycles. The zero-order valence-electron chi connectivity index (χ0n) is 10.3. The van der Waals surface area contributed by atoms with E-state index in [-0.39, 0.29) is 0 Å². The molecule has 0 amide bonds. The second kappa shape index (κ2) is 5.34. The van der Waals surface area contributed by atoms with Crippen LogP contribution in [0, 0.1) is 6.92 Å². The second-order valence-electron chi connectivity index (χ2n) is 4.40. The van der Waals surface area contributed by atoms with Gasteiger partial charge in [0.25, 0.3) is 0 Å². The van der Waals surface area contributed by atoms with E-state index in [1.807, 2.05) is 35.9 Å². The van der Waals surface area contributed by atoms with Gasteiger partial charge in [-0.25, -0.2) is 4.98 Å². The Morgan fingerprint density at radius 1 is 1.10 bits per heavy atom. The van der Waals surface area contributed by atoms with Gasteiger partial charge in [-0.05, 0) is 56.5 Å². The lowest BCUT2D eigenvalue weighted by atomic mass is 10.2. The van der Waals surface area contributed by atoms with Gasteiger partial charge in [0, 0.05) is 22.4 Å². The Balaban J connectivity index is 2.23. The fraction of sp³-hybridized carbons (Fsp3) is 0.0714. The van der Waals surface area contributed by atoms with Crippen molar-refractivity contribution < 1.29 is 0 Å². The van der Waals surface area contributed by atoms with Crippen molar-refractivity contribution in [1.29, 1.82) is 0 Å². The van der Waals surface area contributed by atoms with Gasteiger partial charge < -0.3 is 4.40 Å². The van der Waals surface area contributed by atoms with Crippen molar-refractivity contribution in [2.75, 3.05) is 0 Å². The normalized spacial score (nSPS) is 11.2. The molecule has 0 bridgehead atoms. The number of rotatable bonds is 1. The van der Waals surface area contributed by atoms with Gasteiger partial charge in [-0.2, -0.15) is 0 Å². The summed E-state index contributed by atoms with van der Waals surface area (Å²) in [6.07, 6.45) is 3.95. The highest BCUT2D eigenvalue weighted by Crippen LogP contribution is 2.32. The average Bonchev–Trinajstić information content (AvgIpc) is 2.83. The van der Waals surface area contributed by atoms with E-state index in [2.05, 4.69) is 36.8 Å². The molecule has 2 aromatic heterocycles. The first-order valence-corrected chi connectivity index (χ1v) is 8.10. The lowest BCUT2D eigenvalue weighted by Crippen LogP contribution is -1.88. The number of benzene rings is 1. The van der Waals surface area contributed by atoms with Gasteiger partial charge in [0.1, 0.15) is 0 Å². The van der Waals surface area contributed by atoms with Crippen LogP contribution < -0.4 is 0 Å². The van der Waals surface area contributed by atoms with Crippen LogP contribution in [0.25, 0.3) is 16.9 Å². The van der Waals surface area contributed by atoms with Crippen LogP contribution in [-0.2, 0) is 0 Å². The molecular weight excluding hydrogens is 427 g/mol. The third-order valence-electron chi connectivity index (χ3n) is 3.08. The van der Waals surface area contributed by atoms with Crippen molar-refractivity contribution in [3.63, 3.8) is 0 Å². The minimum absolute atomic E-state index is 0.526. The molecule has 3 rings (SSSR count). The zero-order valence-corrected chi connectivity index (χ0v) is 15.0. The molecule has 0 saturated carbocycles. The van der Waals surface area contributed by atoms with E-state index in [0.717, 1.165) is 31.4 Å². The largest absolute Gasteiger partial charge is 0.304 e. The SMILES string of the molecule is Cc1c(Br)cn2cc(-c3ccc(Cl)c(Cl)c3)nc2c1Br. The van der Waals surface area contributed by atoms with Crippen LogP contribution in [0.2, 0.25) is 10.0 Å². The van der Waals surface area contributed by atoms with Gasteiger partial charge in [0.05, 0.1) is 20.2 Å². The van der Waals surface area contributed by atoms with Crippen LogP contribution in [-0.4, -0.2) is 9.38 Å². The Morgan fingerprint density at radius 2 is 1.85 bits per heavy atom. The van der Waals surface area contributed by atoms with Crippen molar-refractivity contribution in [1.82, 2.24) is 9.38 Å². The highest BCUT2D eigenvalue weighted by Gasteiger charge is 2.12. The summed E-state index contributed by atoms with van der Waals surface area (Å²) in [5, 5.41) is 1.07. The number of pyridine rings is 1. The molecule has 0 aliphatic carbocycles. The van der Waals surface area contributed by atoms with Crippen LogP contribution >= 0.6 is 55.1 Å². The quantitative estimate of drug-likeness (QED) is 0.449. The van der Waals surface area contributed by atoms with Crippen molar-refractivity contribution in [2.45, 2.75) is 6.92 Å². The topological polar surface area (TPSA) is 17.3 Å². The Morgan fingerprint density at radius 3 is 2.55 bits per heavy atom. The maximum atomic E-state index is 6.06. The molecule has 0 aliphatic rings. The fourth-order valence-corrected chi connectivity index (χ4v) is 3.43. The summed E-state index contributed by atoms with van der Waals surface area (Å²) in [4.78, 5) is 4.65. The third kappa shape index (κ3) is 2.39. The molecule has 6 heteroatoms. The van der Waals surface area contributed by atoms with Gasteiger partial charge in [-0.3, -0.25) is 0 Å². The summed E-state index contributed by atoms with van der Waals surface area (Å²) < 4.78 is 3.96.